The van der Waals surface area contributed by atoms with Crippen LogP contribution in [-0.4, -0.2) is 63.4 Å². The third-order valence-corrected chi connectivity index (χ3v) is 7.00. The largest absolute Gasteiger partial charge is 0.458 e. The van der Waals surface area contributed by atoms with Gasteiger partial charge in [-0.25, -0.2) is 9.59 Å². The summed E-state index contributed by atoms with van der Waals surface area (Å²) in [6.07, 6.45) is 0.203. The summed E-state index contributed by atoms with van der Waals surface area (Å²) in [4.78, 5) is 56.3. The Labute approximate surface area is 274 Å². The summed E-state index contributed by atoms with van der Waals surface area (Å²) in [5.74, 6) is -1.72. The second kappa shape index (κ2) is 15.7. The van der Waals surface area contributed by atoms with Gasteiger partial charge in [0.25, 0.3) is 0 Å². The van der Waals surface area contributed by atoms with Crippen LogP contribution in [0, 0.1) is 0 Å². The number of esters is 1. The van der Waals surface area contributed by atoms with Crippen molar-refractivity contribution >= 4 is 36.5 Å². The van der Waals surface area contributed by atoms with Gasteiger partial charge in [0.05, 0.1) is 0 Å². The lowest BCUT2D eigenvalue weighted by Gasteiger charge is -2.43. The number of carbonyl (C=O) groups is 4. The van der Waals surface area contributed by atoms with E-state index in [4.69, 9.17) is 9.47 Å². The molecule has 0 radical (unpaired) electrons. The Morgan fingerprint density at radius 2 is 1.31 bits per heavy atom. The van der Waals surface area contributed by atoms with Crippen LogP contribution in [0.1, 0.15) is 92.0 Å². The first-order chi connectivity index (χ1) is 20.8. The molecule has 0 aliphatic heterocycles. The molecule has 0 saturated heterocycles. The van der Waals surface area contributed by atoms with Gasteiger partial charge in [-0.05, 0) is 85.4 Å². The summed E-state index contributed by atoms with van der Waals surface area (Å²) in [7, 11) is 0. The molecule has 10 heteroatoms. The molecule has 0 heterocycles. The van der Waals surface area contributed by atoms with Gasteiger partial charge in [-0.1, -0.05) is 61.5 Å². The summed E-state index contributed by atoms with van der Waals surface area (Å²) in [5.41, 5.74) is -0.0326. The molecule has 2 rings (SSSR count). The average molecular weight is 642 g/mol. The Morgan fingerprint density at radius 3 is 1.78 bits per heavy atom. The molecule has 2 N–H and O–H groups in total. The van der Waals surface area contributed by atoms with Crippen LogP contribution in [0.3, 0.4) is 0 Å². The third-order valence-electron chi connectivity index (χ3n) is 6.63. The van der Waals surface area contributed by atoms with Gasteiger partial charge in [0.15, 0.2) is 0 Å². The molecule has 45 heavy (non-hydrogen) atoms. The van der Waals surface area contributed by atoms with E-state index >= 15 is 0 Å². The lowest BCUT2D eigenvalue weighted by atomic mass is 9.94. The van der Waals surface area contributed by atoms with Crippen molar-refractivity contribution in [2.45, 2.75) is 117 Å². The van der Waals surface area contributed by atoms with Crippen molar-refractivity contribution in [2.24, 2.45) is 0 Å². The molecular weight excluding hydrogens is 590 g/mol. The van der Waals surface area contributed by atoms with Gasteiger partial charge >= 0.3 is 12.1 Å². The van der Waals surface area contributed by atoms with E-state index in [1.54, 1.807) is 41.5 Å². The summed E-state index contributed by atoms with van der Waals surface area (Å²) in [6.45, 7) is 17.9. The van der Waals surface area contributed by atoms with Crippen molar-refractivity contribution in [1.82, 2.24) is 15.5 Å². The van der Waals surface area contributed by atoms with Crippen LogP contribution in [0.15, 0.2) is 54.6 Å². The topological polar surface area (TPSA) is 114 Å². The SMILES string of the molecule is CCc1ccc(C(C(=O)NC(Cc2ccccc2)C(=O)OC(C)(C)C)N(C(=O)C(CS)NC(=O)OC(C)(C)C)C(C)(C)C)cc1. The number of nitrogens with one attached hydrogen (secondary N) is 2. The summed E-state index contributed by atoms with van der Waals surface area (Å²) in [5, 5.41) is 5.53. The Hall–Kier alpha value is -3.53. The van der Waals surface area contributed by atoms with Gasteiger partial charge < -0.3 is 25.0 Å². The van der Waals surface area contributed by atoms with Crippen molar-refractivity contribution in [1.29, 1.82) is 0 Å². The van der Waals surface area contributed by atoms with Crippen molar-refractivity contribution in [3.63, 3.8) is 0 Å². The molecule has 0 aromatic heterocycles. The monoisotopic (exact) mass is 641 g/mol. The smallest absolute Gasteiger partial charge is 0.408 e. The number of nitrogens with zero attached hydrogens (tertiary/aromatic N) is 1. The average Bonchev–Trinajstić information content (AvgIpc) is 2.92. The first-order valence-electron chi connectivity index (χ1n) is 15.3. The van der Waals surface area contributed by atoms with Gasteiger partial charge in [-0.15, -0.1) is 0 Å². The van der Waals surface area contributed by atoms with Crippen molar-refractivity contribution in [2.75, 3.05) is 5.75 Å². The van der Waals surface area contributed by atoms with Crippen LogP contribution in [-0.2, 0) is 36.7 Å². The number of amides is 3. The van der Waals surface area contributed by atoms with E-state index < -0.39 is 58.7 Å². The van der Waals surface area contributed by atoms with Crippen molar-refractivity contribution in [3.05, 3.63) is 71.3 Å². The summed E-state index contributed by atoms with van der Waals surface area (Å²) in [6, 6.07) is 13.5. The highest BCUT2D eigenvalue weighted by atomic mass is 32.1. The maximum Gasteiger partial charge on any atom is 0.408 e. The molecule has 2 aromatic carbocycles. The highest BCUT2D eigenvalue weighted by Crippen LogP contribution is 2.31. The Morgan fingerprint density at radius 1 is 0.756 bits per heavy atom. The molecule has 0 spiro atoms. The molecule has 0 fully saturated rings. The Bertz CT molecular complexity index is 1290. The normalized spacial score (nSPS) is 14.0. The van der Waals surface area contributed by atoms with Crippen LogP contribution in [0.5, 0.6) is 0 Å². The van der Waals surface area contributed by atoms with Crippen LogP contribution in [0.2, 0.25) is 0 Å². The van der Waals surface area contributed by atoms with Crippen molar-refractivity contribution in [3.8, 4) is 0 Å². The van der Waals surface area contributed by atoms with E-state index in [-0.39, 0.29) is 12.2 Å². The Balaban J connectivity index is 2.61. The molecule has 0 aliphatic rings. The maximum atomic E-state index is 14.4. The van der Waals surface area contributed by atoms with Gasteiger partial charge in [0.1, 0.15) is 29.3 Å². The number of aryl methyl sites for hydroxylation is 1. The summed E-state index contributed by atoms with van der Waals surface area (Å²) >= 11 is 4.36. The van der Waals surface area contributed by atoms with Crippen LogP contribution < -0.4 is 10.6 Å². The number of alkyl carbamates (subject to hydrolysis) is 1. The maximum absolute atomic E-state index is 14.4. The van der Waals surface area contributed by atoms with Gasteiger partial charge in [0.2, 0.25) is 11.8 Å². The zero-order valence-corrected chi connectivity index (χ0v) is 29.3. The summed E-state index contributed by atoms with van der Waals surface area (Å²) < 4.78 is 11.1. The highest BCUT2D eigenvalue weighted by Gasteiger charge is 2.42. The molecule has 3 amide bonds. The van der Waals surface area contributed by atoms with E-state index in [2.05, 4.69) is 23.3 Å². The van der Waals surface area contributed by atoms with E-state index in [9.17, 15) is 19.2 Å². The first kappa shape index (κ1) is 37.7. The number of benzene rings is 2. The number of hydrogen-bond donors (Lipinski definition) is 3. The zero-order valence-electron chi connectivity index (χ0n) is 28.4. The standard InChI is InChI=1S/C35H51N3O6S/c1-11-23-17-19-25(20-18-23)28(38(33(2,3)4)30(40)27(22-45)37-32(42)44-35(8,9)10)29(39)36-26(31(41)43-34(5,6)7)21-24-15-13-12-14-16-24/h12-20,26-28,45H,11,21-22H2,1-10H3,(H,36,39)(H,37,42). The molecule has 9 nitrogen and oxygen atoms in total. The van der Waals surface area contributed by atoms with E-state index in [1.807, 2.05) is 82.3 Å². The van der Waals surface area contributed by atoms with Gasteiger partial charge in [0, 0.05) is 17.7 Å². The van der Waals surface area contributed by atoms with Gasteiger partial charge in [-0.3, -0.25) is 9.59 Å². The second-order valence-electron chi connectivity index (χ2n) is 14.0. The minimum absolute atomic E-state index is 0.0394. The Kier molecular flexibility index (Phi) is 13.1. The number of carbonyl (C=O) groups excluding carboxylic acids is 4. The molecule has 2 aromatic rings. The minimum Gasteiger partial charge on any atom is -0.458 e. The first-order valence-corrected chi connectivity index (χ1v) is 16.0. The number of hydrogen-bond acceptors (Lipinski definition) is 7. The lowest BCUT2D eigenvalue weighted by molar-refractivity contribution is -0.159. The fourth-order valence-electron chi connectivity index (χ4n) is 4.67. The van der Waals surface area contributed by atoms with E-state index in [0.717, 1.165) is 17.5 Å². The molecular formula is C35H51N3O6S. The number of ether oxygens (including phenoxy) is 2. The van der Waals surface area contributed by atoms with Crippen molar-refractivity contribution < 1.29 is 28.7 Å². The third kappa shape index (κ3) is 12.1. The van der Waals surface area contributed by atoms with E-state index in [0.29, 0.717) is 5.56 Å². The zero-order chi connectivity index (χ0) is 34.2. The fraction of sp³-hybridized carbons (Fsp3) is 0.543. The minimum atomic E-state index is -1.16. The van der Waals surface area contributed by atoms with E-state index in [1.165, 1.54) is 4.90 Å². The fourth-order valence-corrected chi connectivity index (χ4v) is 4.92. The molecule has 248 valence electrons. The molecule has 0 aliphatic carbocycles. The molecule has 3 atom stereocenters. The number of thiol groups is 1. The van der Waals surface area contributed by atoms with Crippen LogP contribution in [0.25, 0.3) is 0 Å². The predicted octanol–water partition coefficient (Wildman–Crippen LogP) is 5.81. The predicted molar refractivity (Wildman–Crippen MR) is 180 cm³/mol. The van der Waals surface area contributed by atoms with Crippen LogP contribution >= 0.6 is 12.6 Å². The number of rotatable bonds is 11. The lowest BCUT2D eigenvalue weighted by Crippen LogP contribution is -2.60. The quantitative estimate of drug-likeness (QED) is 0.211. The second-order valence-corrected chi connectivity index (χ2v) is 14.4. The van der Waals surface area contributed by atoms with Crippen LogP contribution in [0.4, 0.5) is 4.79 Å². The molecule has 0 saturated carbocycles. The molecule has 0 bridgehead atoms. The highest BCUT2D eigenvalue weighted by molar-refractivity contribution is 7.80. The molecule has 3 unspecified atom stereocenters. The van der Waals surface area contributed by atoms with Gasteiger partial charge in [-0.2, -0.15) is 12.6 Å².